The van der Waals surface area contributed by atoms with Crippen molar-refractivity contribution < 1.29 is 13.9 Å². The van der Waals surface area contributed by atoms with Gasteiger partial charge in [-0.3, -0.25) is 4.40 Å². The predicted octanol–water partition coefficient (Wildman–Crippen LogP) is 2.86. The van der Waals surface area contributed by atoms with Crippen LogP contribution < -0.4 is 9.47 Å². The molecule has 0 unspecified atom stereocenters. The van der Waals surface area contributed by atoms with Crippen molar-refractivity contribution in [3.8, 4) is 23.1 Å². The van der Waals surface area contributed by atoms with Gasteiger partial charge in [0, 0.05) is 11.5 Å². The Morgan fingerprint density at radius 1 is 1.09 bits per heavy atom. The average molecular weight is 310 g/mol. The number of furan rings is 1. The Morgan fingerprint density at radius 2 is 1.87 bits per heavy atom. The summed E-state index contributed by atoms with van der Waals surface area (Å²) in [7, 11) is 3.20. The molecule has 0 saturated heterocycles. The summed E-state index contributed by atoms with van der Waals surface area (Å²) in [6.07, 6.45) is 1.61. The quantitative estimate of drug-likeness (QED) is 0.579. The van der Waals surface area contributed by atoms with Crippen molar-refractivity contribution in [2.24, 2.45) is 0 Å². The lowest BCUT2D eigenvalue weighted by Crippen LogP contribution is -2.00. The van der Waals surface area contributed by atoms with Crippen molar-refractivity contribution in [3.05, 3.63) is 36.4 Å². The van der Waals surface area contributed by atoms with E-state index in [1.807, 2.05) is 35.6 Å². The highest BCUT2D eigenvalue weighted by molar-refractivity contribution is 5.94. The summed E-state index contributed by atoms with van der Waals surface area (Å²) in [4.78, 5) is 4.64. The summed E-state index contributed by atoms with van der Waals surface area (Å²) in [6.45, 7) is 1.90. The predicted molar refractivity (Wildman–Crippen MR) is 83.8 cm³/mol. The Labute approximate surface area is 131 Å². The third-order valence-electron chi connectivity index (χ3n) is 3.75. The number of rotatable bonds is 3. The second-order valence-corrected chi connectivity index (χ2v) is 5.04. The van der Waals surface area contributed by atoms with Gasteiger partial charge in [0.15, 0.2) is 22.9 Å². The van der Waals surface area contributed by atoms with Crippen molar-refractivity contribution in [2.75, 3.05) is 14.2 Å². The lowest BCUT2D eigenvalue weighted by molar-refractivity contribution is 0.356. The molecule has 0 aliphatic heterocycles. The first kappa shape index (κ1) is 13.6. The standard InChI is InChI=1S/C16H14N4O3/c1-9-17-11-8-14(22-3)13(21-2)7-10(11)15-18-19-16(20(9)15)12-5-4-6-23-12/h4-8H,1-3H3. The molecule has 0 aliphatic carbocycles. The van der Waals surface area contributed by atoms with Crippen LogP contribution in [0.2, 0.25) is 0 Å². The van der Waals surface area contributed by atoms with E-state index in [2.05, 4.69) is 15.2 Å². The number of benzene rings is 1. The minimum atomic E-state index is 0.617. The molecular formula is C16H14N4O3. The number of hydrogen-bond acceptors (Lipinski definition) is 6. The minimum absolute atomic E-state index is 0.617. The lowest BCUT2D eigenvalue weighted by Gasteiger charge is -2.10. The molecule has 1 aromatic carbocycles. The molecule has 4 aromatic rings. The molecule has 23 heavy (non-hydrogen) atoms. The Hall–Kier alpha value is -3.09. The normalized spacial score (nSPS) is 11.3. The van der Waals surface area contributed by atoms with Crippen LogP contribution in [0.15, 0.2) is 34.9 Å². The van der Waals surface area contributed by atoms with Gasteiger partial charge >= 0.3 is 0 Å². The fraction of sp³-hybridized carbons (Fsp3) is 0.188. The molecule has 0 fully saturated rings. The highest BCUT2D eigenvalue weighted by Gasteiger charge is 2.18. The van der Waals surface area contributed by atoms with Gasteiger partial charge in [-0.2, -0.15) is 0 Å². The van der Waals surface area contributed by atoms with Crippen molar-refractivity contribution in [1.29, 1.82) is 0 Å². The molecule has 7 nitrogen and oxygen atoms in total. The zero-order valence-electron chi connectivity index (χ0n) is 12.9. The van der Waals surface area contributed by atoms with Crippen LogP contribution >= 0.6 is 0 Å². The number of nitrogens with zero attached hydrogens (tertiary/aromatic N) is 4. The second kappa shape index (κ2) is 4.98. The second-order valence-electron chi connectivity index (χ2n) is 5.04. The summed E-state index contributed by atoms with van der Waals surface area (Å²) in [5.41, 5.74) is 1.46. The smallest absolute Gasteiger partial charge is 0.205 e. The van der Waals surface area contributed by atoms with Crippen molar-refractivity contribution in [3.63, 3.8) is 0 Å². The van der Waals surface area contributed by atoms with Gasteiger partial charge in [-0.05, 0) is 25.1 Å². The number of ether oxygens (including phenoxy) is 2. The topological polar surface area (TPSA) is 74.7 Å². The van der Waals surface area contributed by atoms with Crippen molar-refractivity contribution >= 4 is 16.6 Å². The van der Waals surface area contributed by atoms with E-state index >= 15 is 0 Å². The molecule has 0 radical (unpaired) electrons. The summed E-state index contributed by atoms with van der Waals surface area (Å²) < 4.78 is 18.0. The molecule has 116 valence electrons. The summed E-state index contributed by atoms with van der Waals surface area (Å²) >= 11 is 0. The maximum absolute atomic E-state index is 5.44. The van der Waals surface area contributed by atoms with Crippen LogP contribution in [0.25, 0.3) is 28.1 Å². The molecule has 3 aromatic heterocycles. The van der Waals surface area contributed by atoms with E-state index in [0.717, 1.165) is 16.7 Å². The van der Waals surface area contributed by atoms with Gasteiger partial charge in [-0.25, -0.2) is 4.98 Å². The Balaban J connectivity index is 2.09. The van der Waals surface area contributed by atoms with Crippen LogP contribution in [-0.4, -0.2) is 33.8 Å². The molecule has 4 rings (SSSR count). The minimum Gasteiger partial charge on any atom is -0.493 e. The first-order chi connectivity index (χ1) is 11.2. The van der Waals surface area contributed by atoms with Gasteiger partial charge in [-0.15, -0.1) is 10.2 Å². The van der Waals surface area contributed by atoms with E-state index in [-0.39, 0.29) is 0 Å². The van der Waals surface area contributed by atoms with Crippen molar-refractivity contribution in [1.82, 2.24) is 19.6 Å². The van der Waals surface area contributed by atoms with E-state index in [1.54, 1.807) is 20.5 Å². The summed E-state index contributed by atoms with van der Waals surface area (Å²) in [6, 6.07) is 7.35. The number of hydrogen-bond donors (Lipinski definition) is 0. The zero-order chi connectivity index (χ0) is 16.0. The molecule has 0 spiro atoms. The lowest BCUT2D eigenvalue weighted by atomic mass is 10.2. The van der Waals surface area contributed by atoms with Gasteiger partial charge in [0.05, 0.1) is 26.0 Å². The Kier molecular flexibility index (Phi) is 2.94. The van der Waals surface area contributed by atoms with Gasteiger partial charge in [0.25, 0.3) is 0 Å². The summed E-state index contributed by atoms with van der Waals surface area (Å²) in [5, 5.41) is 9.40. The third-order valence-corrected chi connectivity index (χ3v) is 3.75. The molecule has 0 aliphatic rings. The number of methoxy groups -OCH3 is 2. The number of aromatic nitrogens is 4. The van der Waals surface area contributed by atoms with Crippen LogP contribution in [0.3, 0.4) is 0 Å². The van der Waals surface area contributed by atoms with E-state index < -0.39 is 0 Å². The van der Waals surface area contributed by atoms with Crippen LogP contribution in [0, 0.1) is 6.92 Å². The zero-order valence-corrected chi connectivity index (χ0v) is 12.9. The highest BCUT2D eigenvalue weighted by Crippen LogP contribution is 2.34. The molecule has 0 saturated carbocycles. The van der Waals surface area contributed by atoms with Crippen LogP contribution in [0.5, 0.6) is 11.5 Å². The molecule has 0 amide bonds. The SMILES string of the molecule is COc1cc2nc(C)n3c(-c4ccco4)nnc3c2cc1OC. The van der Waals surface area contributed by atoms with Gasteiger partial charge in [0.2, 0.25) is 5.82 Å². The first-order valence-corrected chi connectivity index (χ1v) is 7.04. The third kappa shape index (κ3) is 1.93. The van der Waals surface area contributed by atoms with Gasteiger partial charge in [0.1, 0.15) is 5.82 Å². The maximum Gasteiger partial charge on any atom is 0.205 e. The van der Waals surface area contributed by atoms with Gasteiger partial charge in [-0.1, -0.05) is 0 Å². The fourth-order valence-electron chi connectivity index (χ4n) is 2.69. The molecule has 0 bridgehead atoms. The van der Waals surface area contributed by atoms with E-state index in [0.29, 0.717) is 28.7 Å². The van der Waals surface area contributed by atoms with Crippen molar-refractivity contribution in [2.45, 2.75) is 6.92 Å². The fourth-order valence-corrected chi connectivity index (χ4v) is 2.69. The molecular weight excluding hydrogens is 296 g/mol. The Morgan fingerprint density at radius 3 is 2.57 bits per heavy atom. The van der Waals surface area contributed by atoms with Crippen LogP contribution in [-0.2, 0) is 0 Å². The van der Waals surface area contributed by atoms with E-state index in [9.17, 15) is 0 Å². The van der Waals surface area contributed by atoms with Crippen LogP contribution in [0.4, 0.5) is 0 Å². The molecule has 0 atom stereocenters. The van der Waals surface area contributed by atoms with E-state index in [1.165, 1.54) is 0 Å². The molecule has 0 N–H and O–H groups in total. The number of aryl methyl sites for hydroxylation is 1. The highest BCUT2D eigenvalue weighted by atomic mass is 16.5. The molecule has 7 heteroatoms. The first-order valence-electron chi connectivity index (χ1n) is 7.04. The van der Waals surface area contributed by atoms with Gasteiger partial charge < -0.3 is 13.9 Å². The monoisotopic (exact) mass is 310 g/mol. The van der Waals surface area contributed by atoms with E-state index in [4.69, 9.17) is 13.9 Å². The Bertz CT molecular complexity index is 1010. The summed E-state index contributed by atoms with van der Waals surface area (Å²) in [5.74, 6) is 3.27. The number of fused-ring (bicyclic) bond motifs is 3. The maximum atomic E-state index is 5.44. The molecule has 3 heterocycles. The average Bonchev–Trinajstić information content (AvgIpc) is 3.23. The van der Waals surface area contributed by atoms with Crippen LogP contribution in [0.1, 0.15) is 5.82 Å². The largest absolute Gasteiger partial charge is 0.493 e.